The van der Waals surface area contributed by atoms with E-state index in [4.69, 9.17) is 10.2 Å². The van der Waals surface area contributed by atoms with Gasteiger partial charge in [0, 0.05) is 25.1 Å². The minimum absolute atomic E-state index is 0.136. The Kier molecular flexibility index (Phi) is 5.06. The molecule has 0 spiro atoms. The molecule has 0 radical (unpaired) electrons. The maximum absolute atomic E-state index is 11.9. The van der Waals surface area contributed by atoms with E-state index in [1.807, 2.05) is 0 Å². The van der Waals surface area contributed by atoms with Gasteiger partial charge in [0.1, 0.15) is 4.90 Å². The zero-order valence-corrected chi connectivity index (χ0v) is 13.7. The number of carbonyl (C=O) groups excluding carboxylic acids is 1. The largest absolute Gasteiger partial charge is 0.481 e. The molecule has 1 fully saturated rings. The van der Waals surface area contributed by atoms with Gasteiger partial charge in [-0.05, 0) is 31.0 Å². The van der Waals surface area contributed by atoms with Crippen molar-refractivity contribution in [1.29, 1.82) is 0 Å². The molecule has 8 heteroatoms. The van der Waals surface area contributed by atoms with Crippen molar-refractivity contribution in [2.75, 3.05) is 18.0 Å². The van der Waals surface area contributed by atoms with E-state index in [0.717, 1.165) is 0 Å². The predicted molar refractivity (Wildman–Crippen MR) is 85.0 cm³/mol. The van der Waals surface area contributed by atoms with Crippen LogP contribution in [0.2, 0.25) is 0 Å². The lowest BCUT2D eigenvalue weighted by atomic mass is 9.97. The summed E-state index contributed by atoms with van der Waals surface area (Å²) in [6, 6.07) is 4.37. The number of hydrogen-bond acceptors (Lipinski definition) is 5. The van der Waals surface area contributed by atoms with Crippen LogP contribution in [0.4, 0.5) is 5.69 Å². The summed E-state index contributed by atoms with van der Waals surface area (Å²) in [5, 5.41) is 14.5. The highest BCUT2D eigenvalue weighted by Crippen LogP contribution is 2.30. The van der Waals surface area contributed by atoms with E-state index in [0.29, 0.717) is 25.1 Å². The van der Waals surface area contributed by atoms with Crippen LogP contribution >= 0.6 is 0 Å². The minimum atomic E-state index is -4.03. The molecule has 0 amide bonds. The van der Waals surface area contributed by atoms with E-state index in [2.05, 4.69) is 0 Å². The molecule has 1 atom stereocenters. The highest BCUT2D eigenvalue weighted by Gasteiger charge is 2.28. The van der Waals surface area contributed by atoms with Crippen molar-refractivity contribution in [3.63, 3.8) is 0 Å². The van der Waals surface area contributed by atoms with E-state index < -0.39 is 21.9 Å². The summed E-state index contributed by atoms with van der Waals surface area (Å²) in [6.07, 6.45) is 1.47. The van der Waals surface area contributed by atoms with Gasteiger partial charge in [-0.2, -0.15) is 0 Å². The van der Waals surface area contributed by atoms with Crippen molar-refractivity contribution in [2.45, 2.75) is 31.1 Å². The minimum Gasteiger partial charge on any atom is -0.481 e. The molecule has 1 unspecified atom stereocenters. The Morgan fingerprint density at radius 2 is 2.09 bits per heavy atom. The lowest BCUT2D eigenvalue weighted by molar-refractivity contribution is -0.141. The van der Waals surface area contributed by atoms with Crippen molar-refractivity contribution in [1.82, 2.24) is 0 Å². The number of benzene rings is 1. The number of Topliss-reactive ketones (excluding diaryl/α,β-unsaturated/α-hetero) is 1. The van der Waals surface area contributed by atoms with E-state index in [1.54, 1.807) is 17.9 Å². The summed E-state index contributed by atoms with van der Waals surface area (Å²) in [5.41, 5.74) is 0.637. The number of primary sulfonamides is 1. The molecule has 23 heavy (non-hydrogen) atoms. The summed E-state index contributed by atoms with van der Waals surface area (Å²) in [4.78, 5) is 24.5. The molecule has 7 nitrogen and oxygen atoms in total. The Morgan fingerprint density at radius 1 is 1.39 bits per heavy atom. The molecule has 126 valence electrons. The highest BCUT2D eigenvalue weighted by atomic mass is 32.2. The van der Waals surface area contributed by atoms with Crippen LogP contribution in [0, 0.1) is 5.92 Å². The van der Waals surface area contributed by atoms with Gasteiger partial charge in [0.25, 0.3) is 0 Å². The van der Waals surface area contributed by atoms with Crippen molar-refractivity contribution in [2.24, 2.45) is 11.1 Å². The van der Waals surface area contributed by atoms with Crippen LogP contribution in [0.15, 0.2) is 23.1 Å². The lowest BCUT2D eigenvalue weighted by Gasteiger charge is -2.33. The standard InChI is InChI=1S/C15H20N2O5S/c1-2-13(18)10-5-6-12(14(8-10)23(16,21)22)17-7-3-4-11(9-17)15(19)20/h5-6,8,11H,2-4,7,9H2,1H3,(H,19,20)(H2,16,21,22). The van der Waals surface area contributed by atoms with Gasteiger partial charge in [0.2, 0.25) is 10.0 Å². The number of anilines is 1. The van der Waals surface area contributed by atoms with Gasteiger partial charge < -0.3 is 10.0 Å². The monoisotopic (exact) mass is 340 g/mol. The van der Waals surface area contributed by atoms with Gasteiger partial charge >= 0.3 is 5.97 Å². The number of aliphatic carboxylic acids is 1. The van der Waals surface area contributed by atoms with Gasteiger partial charge in [0.15, 0.2) is 5.78 Å². The molecule has 1 aliphatic heterocycles. The number of piperidine rings is 1. The average molecular weight is 340 g/mol. The van der Waals surface area contributed by atoms with E-state index in [9.17, 15) is 18.0 Å². The van der Waals surface area contributed by atoms with Gasteiger partial charge in [-0.15, -0.1) is 0 Å². The number of carboxylic acid groups (broad SMARTS) is 1. The van der Waals surface area contributed by atoms with Crippen LogP contribution in [0.3, 0.4) is 0 Å². The van der Waals surface area contributed by atoms with Crippen molar-refractivity contribution >= 4 is 27.5 Å². The molecule has 1 heterocycles. The van der Waals surface area contributed by atoms with Crippen LogP contribution in [-0.2, 0) is 14.8 Å². The number of carboxylic acids is 1. The zero-order chi connectivity index (χ0) is 17.2. The Hall–Kier alpha value is -1.93. The van der Waals surface area contributed by atoms with Crippen molar-refractivity contribution < 1.29 is 23.1 Å². The first-order chi connectivity index (χ1) is 10.7. The van der Waals surface area contributed by atoms with Crippen LogP contribution in [0.1, 0.15) is 36.5 Å². The molecular weight excluding hydrogens is 320 g/mol. The molecule has 3 N–H and O–H groups in total. The fraction of sp³-hybridized carbons (Fsp3) is 0.467. The Balaban J connectivity index is 2.45. The summed E-state index contributed by atoms with van der Waals surface area (Å²) in [7, 11) is -4.03. The quantitative estimate of drug-likeness (QED) is 0.778. The average Bonchev–Trinajstić information content (AvgIpc) is 2.52. The Morgan fingerprint density at radius 3 is 2.65 bits per heavy atom. The predicted octanol–water partition coefficient (Wildman–Crippen LogP) is 1.23. The summed E-state index contributed by atoms with van der Waals surface area (Å²) in [5.74, 6) is -1.62. The van der Waals surface area contributed by atoms with Gasteiger partial charge in [-0.3, -0.25) is 9.59 Å². The molecule has 2 rings (SSSR count). The number of sulfonamides is 1. The Bertz CT molecular complexity index is 729. The maximum Gasteiger partial charge on any atom is 0.308 e. The topological polar surface area (TPSA) is 118 Å². The molecule has 1 aromatic carbocycles. The highest BCUT2D eigenvalue weighted by molar-refractivity contribution is 7.89. The second-order valence-electron chi connectivity index (χ2n) is 5.63. The van der Waals surface area contributed by atoms with Gasteiger partial charge in [0.05, 0.1) is 11.6 Å². The maximum atomic E-state index is 11.9. The Labute approximate surface area is 135 Å². The van der Waals surface area contributed by atoms with E-state index >= 15 is 0 Å². The molecule has 0 saturated carbocycles. The molecule has 0 aromatic heterocycles. The van der Waals surface area contributed by atoms with Gasteiger partial charge in [-0.25, -0.2) is 13.6 Å². The fourth-order valence-electron chi connectivity index (χ4n) is 2.78. The first-order valence-electron chi connectivity index (χ1n) is 7.41. The lowest BCUT2D eigenvalue weighted by Crippen LogP contribution is -2.39. The molecule has 1 saturated heterocycles. The number of nitrogens with zero attached hydrogens (tertiary/aromatic N) is 1. The summed E-state index contributed by atoms with van der Waals surface area (Å²) >= 11 is 0. The van der Waals surface area contributed by atoms with E-state index in [-0.39, 0.29) is 29.2 Å². The second kappa shape index (κ2) is 6.67. The molecule has 1 aromatic rings. The normalized spacial score (nSPS) is 18.7. The third-order valence-electron chi connectivity index (χ3n) is 4.02. The van der Waals surface area contributed by atoms with Gasteiger partial charge in [-0.1, -0.05) is 6.92 Å². The van der Waals surface area contributed by atoms with Crippen molar-refractivity contribution in [3.8, 4) is 0 Å². The van der Waals surface area contributed by atoms with Crippen LogP contribution < -0.4 is 10.0 Å². The van der Waals surface area contributed by atoms with Crippen LogP contribution in [0.5, 0.6) is 0 Å². The third kappa shape index (κ3) is 3.89. The third-order valence-corrected chi connectivity index (χ3v) is 4.96. The number of rotatable bonds is 5. The van der Waals surface area contributed by atoms with Crippen molar-refractivity contribution in [3.05, 3.63) is 23.8 Å². The fourth-order valence-corrected chi connectivity index (χ4v) is 3.56. The number of ketones is 1. The number of nitrogens with two attached hydrogens (primary N) is 1. The molecule has 1 aliphatic rings. The van der Waals surface area contributed by atoms with Crippen LogP contribution in [0.25, 0.3) is 0 Å². The molecule has 0 bridgehead atoms. The number of hydrogen-bond donors (Lipinski definition) is 2. The van der Waals surface area contributed by atoms with E-state index in [1.165, 1.54) is 12.1 Å². The summed E-state index contributed by atoms with van der Waals surface area (Å²) < 4.78 is 23.8. The SMILES string of the molecule is CCC(=O)c1ccc(N2CCCC(C(=O)O)C2)c(S(N)(=O)=O)c1. The first-order valence-corrected chi connectivity index (χ1v) is 8.96. The summed E-state index contributed by atoms with van der Waals surface area (Å²) in [6.45, 7) is 2.46. The second-order valence-corrected chi connectivity index (χ2v) is 7.16. The molecular formula is C15H20N2O5S. The number of carbonyl (C=O) groups is 2. The zero-order valence-electron chi connectivity index (χ0n) is 12.9. The first kappa shape index (κ1) is 17.4. The van der Waals surface area contributed by atoms with Crippen LogP contribution in [-0.4, -0.2) is 38.4 Å². The molecule has 0 aliphatic carbocycles. The smallest absolute Gasteiger partial charge is 0.308 e.